The molecular formula is C24H32GeN2Si2. The standard InChI is InChI=1S/C24H32GeN2Si2/c1-28(2,3)24(22-18-12-13-19-26-22)23(20-14-8-7-9-15-20)27(29(4,5)6)25-21-16-10-11-17-21/h7-19,21H,1-6H3/b24-23-. The second-order valence-corrected chi connectivity index (χ2v) is 23.1. The van der Waals surface area contributed by atoms with E-state index in [9.17, 15) is 0 Å². The van der Waals surface area contributed by atoms with Crippen molar-refractivity contribution >= 4 is 42.9 Å². The summed E-state index contributed by atoms with van der Waals surface area (Å²) in [7, 11) is -3.31. The van der Waals surface area contributed by atoms with Crippen LogP contribution in [0.15, 0.2) is 79.0 Å². The van der Waals surface area contributed by atoms with Crippen molar-refractivity contribution in [2.45, 2.75) is 44.0 Å². The molecule has 0 atom stereocenters. The number of allylic oxidation sites excluding steroid dienone is 4. The molecule has 2 aromatic rings. The number of pyridine rings is 1. The quantitative estimate of drug-likeness (QED) is 0.424. The average molecular weight is 477 g/mol. The third-order valence-electron chi connectivity index (χ3n) is 4.88. The van der Waals surface area contributed by atoms with Gasteiger partial charge in [0.1, 0.15) is 0 Å². The van der Waals surface area contributed by atoms with Gasteiger partial charge in [0, 0.05) is 0 Å². The molecule has 1 aliphatic rings. The van der Waals surface area contributed by atoms with E-state index in [-0.39, 0.29) is 15.7 Å². The Labute approximate surface area is 185 Å². The zero-order valence-electron chi connectivity index (χ0n) is 18.5. The van der Waals surface area contributed by atoms with Crippen LogP contribution < -0.4 is 0 Å². The Hall–Kier alpha value is -1.63. The van der Waals surface area contributed by atoms with E-state index < -0.39 is 16.3 Å². The number of rotatable bonds is 7. The Balaban J connectivity index is 2.30. The molecule has 1 aromatic carbocycles. The van der Waals surface area contributed by atoms with Gasteiger partial charge in [-0.3, -0.25) is 0 Å². The van der Waals surface area contributed by atoms with Crippen molar-refractivity contribution in [3.05, 3.63) is 90.3 Å². The molecule has 0 saturated carbocycles. The van der Waals surface area contributed by atoms with Crippen LogP contribution in [0.25, 0.3) is 10.9 Å². The van der Waals surface area contributed by atoms with Gasteiger partial charge in [-0.05, 0) is 0 Å². The third kappa shape index (κ3) is 5.50. The number of benzene rings is 1. The molecule has 1 heterocycles. The molecule has 0 saturated heterocycles. The fourth-order valence-corrected chi connectivity index (χ4v) is 12.6. The molecule has 1 aliphatic carbocycles. The molecule has 0 spiro atoms. The van der Waals surface area contributed by atoms with Crippen LogP contribution in [0.1, 0.15) is 11.3 Å². The summed E-state index contributed by atoms with van der Waals surface area (Å²) in [4.78, 5) is 4.84. The summed E-state index contributed by atoms with van der Waals surface area (Å²) in [6.45, 7) is 14.8. The monoisotopic (exact) mass is 478 g/mol. The molecule has 0 bridgehead atoms. The SMILES string of the molecule is C[Si](C)(C)/C(=C(/c1ccccc1)[N]([Ge][CH]1C=CC=C1)[Si](C)(C)C)c1ccccn1. The zero-order valence-corrected chi connectivity index (χ0v) is 22.6. The molecule has 0 aliphatic heterocycles. The fraction of sp³-hybridized carbons (Fsp3) is 0.292. The second kappa shape index (κ2) is 9.02. The molecule has 29 heavy (non-hydrogen) atoms. The molecule has 3 rings (SSSR count). The number of hydrogen-bond donors (Lipinski definition) is 0. The minimum atomic E-state index is -1.69. The van der Waals surface area contributed by atoms with Gasteiger partial charge in [-0.15, -0.1) is 0 Å². The first-order chi connectivity index (χ1) is 13.7. The predicted octanol–water partition coefficient (Wildman–Crippen LogP) is 6.50. The molecule has 1 aromatic heterocycles. The molecule has 0 N–H and O–H groups in total. The average Bonchev–Trinajstić information content (AvgIpc) is 3.17. The van der Waals surface area contributed by atoms with Crippen LogP contribution in [0.4, 0.5) is 0 Å². The number of hydrogen-bond acceptors (Lipinski definition) is 2. The van der Waals surface area contributed by atoms with Crippen LogP contribution in [0.5, 0.6) is 0 Å². The summed E-state index contributed by atoms with van der Waals surface area (Å²) in [5.41, 5.74) is 3.95. The first kappa shape index (κ1) is 22.1. The van der Waals surface area contributed by atoms with E-state index in [4.69, 9.17) is 4.98 Å². The summed E-state index contributed by atoms with van der Waals surface area (Å²) in [6.07, 6.45) is 11.1. The fourth-order valence-electron chi connectivity index (χ4n) is 3.61. The van der Waals surface area contributed by atoms with Crippen molar-refractivity contribution in [3.8, 4) is 0 Å². The van der Waals surface area contributed by atoms with Gasteiger partial charge in [0.15, 0.2) is 0 Å². The van der Waals surface area contributed by atoms with Gasteiger partial charge in [0.2, 0.25) is 0 Å². The van der Waals surface area contributed by atoms with Crippen LogP contribution in [0.2, 0.25) is 44.0 Å². The minimum absolute atomic E-state index is 0.385. The molecule has 0 fully saturated rings. The predicted molar refractivity (Wildman–Crippen MR) is 134 cm³/mol. The van der Waals surface area contributed by atoms with Crippen molar-refractivity contribution in [1.29, 1.82) is 0 Å². The zero-order chi connectivity index (χ0) is 21.1. The van der Waals surface area contributed by atoms with E-state index in [2.05, 4.69) is 110 Å². The third-order valence-corrected chi connectivity index (χ3v) is 15.8. The van der Waals surface area contributed by atoms with Crippen molar-refractivity contribution in [2.75, 3.05) is 0 Å². The maximum absolute atomic E-state index is 4.84. The number of nitrogens with zero attached hydrogens (tertiary/aromatic N) is 2. The Bertz CT molecular complexity index is 895. The van der Waals surface area contributed by atoms with E-state index in [0.717, 1.165) is 5.69 Å². The molecule has 0 unspecified atom stereocenters. The van der Waals surface area contributed by atoms with Gasteiger partial charge in [-0.1, -0.05) is 0 Å². The van der Waals surface area contributed by atoms with E-state index in [1.807, 2.05) is 12.3 Å². The second-order valence-electron chi connectivity index (χ2n) is 9.49. The molecule has 150 valence electrons. The number of aromatic nitrogens is 1. The van der Waals surface area contributed by atoms with Crippen LogP contribution in [-0.4, -0.2) is 40.5 Å². The summed E-state index contributed by atoms with van der Waals surface area (Å²) in [5.74, 6) is 0. The van der Waals surface area contributed by atoms with Gasteiger partial charge < -0.3 is 0 Å². The first-order valence-electron chi connectivity index (χ1n) is 10.3. The first-order valence-corrected chi connectivity index (χ1v) is 19.4. The van der Waals surface area contributed by atoms with Crippen molar-refractivity contribution in [3.63, 3.8) is 0 Å². The van der Waals surface area contributed by atoms with E-state index in [1.54, 1.807) is 0 Å². The van der Waals surface area contributed by atoms with E-state index in [0.29, 0.717) is 4.75 Å². The molecule has 2 radical (unpaired) electrons. The molecule has 0 amide bonds. The van der Waals surface area contributed by atoms with Gasteiger partial charge in [0.05, 0.1) is 0 Å². The van der Waals surface area contributed by atoms with Crippen LogP contribution in [0, 0.1) is 0 Å². The van der Waals surface area contributed by atoms with Crippen molar-refractivity contribution in [1.82, 2.24) is 8.51 Å². The molecule has 2 nitrogen and oxygen atoms in total. The molecule has 5 heteroatoms. The van der Waals surface area contributed by atoms with Crippen molar-refractivity contribution in [2.24, 2.45) is 0 Å². The Kier molecular flexibility index (Phi) is 6.86. The molecular weight excluding hydrogens is 445 g/mol. The maximum atomic E-state index is 4.84. The van der Waals surface area contributed by atoms with Gasteiger partial charge >= 0.3 is 186 Å². The van der Waals surface area contributed by atoms with Crippen LogP contribution >= 0.6 is 0 Å². The topological polar surface area (TPSA) is 16.1 Å². The Morgan fingerprint density at radius 2 is 1.48 bits per heavy atom. The summed E-state index contributed by atoms with van der Waals surface area (Å²) in [6, 6.07) is 17.4. The van der Waals surface area contributed by atoms with Gasteiger partial charge in [-0.25, -0.2) is 0 Å². The van der Waals surface area contributed by atoms with E-state index >= 15 is 0 Å². The van der Waals surface area contributed by atoms with Gasteiger partial charge in [-0.2, -0.15) is 0 Å². The Morgan fingerprint density at radius 1 is 0.862 bits per heavy atom. The van der Waals surface area contributed by atoms with Crippen molar-refractivity contribution < 1.29 is 0 Å². The van der Waals surface area contributed by atoms with Crippen LogP contribution in [-0.2, 0) is 0 Å². The Morgan fingerprint density at radius 3 is 2.00 bits per heavy atom. The normalized spacial score (nSPS) is 15.5. The van der Waals surface area contributed by atoms with E-state index in [1.165, 1.54) is 16.5 Å². The summed E-state index contributed by atoms with van der Waals surface area (Å²) < 4.78 is 3.46. The van der Waals surface area contributed by atoms with Gasteiger partial charge in [0.25, 0.3) is 0 Å². The summed E-state index contributed by atoms with van der Waals surface area (Å²) in [5, 5.41) is 1.49. The summed E-state index contributed by atoms with van der Waals surface area (Å²) >= 11 is -0.385. The van der Waals surface area contributed by atoms with Crippen LogP contribution in [0.3, 0.4) is 0 Å².